The smallest absolute Gasteiger partial charge is 0.227 e. The Balaban J connectivity index is 1.51. The molecule has 7 nitrogen and oxygen atoms in total. The molecule has 268 valence electrons. The van der Waals surface area contributed by atoms with Crippen molar-refractivity contribution in [2.75, 3.05) is 27.3 Å². The number of allylic oxidation sites excluding steroid dienone is 2. The SMILES string of the molecule is CCCN(C[C@]1(O)CC[C@H]2c3ccc(cc3C(=O)C3CCCCC3)C[C@@H](O)CCC(C)=CCC[C@@]21C)C(=O)Cc1ccc(OC)c(OC)c1. The molecule has 4 aliphatic rings. The van der Waals surface area contributed by atoms with Crippen LogP contribution in [0.5, 0.6) is 11.5 Å². The van der Waals surface area contributed by atoms with Crippen LogP contribution in [0.25, 0.3) is 0 Å². The number of aliphatic hydroxyl groups is 2. The average molecular weight is 674 g/mol. The second-order valence-electron chi connectivity index (χ2n) is 15.3. The maximum Gasteiger partial charge on any atom is 0.227 e. The van der Waals surface area contributed by atoms with Crippen LogP contribution in [0.4, 0.5) is 0 Å². The summed E-state index contributed by atoms with van der Waals surface area (Å²) >= 11 is 0. The zero-order valence-corrected chi connectivity index (χ0v) is 30.6. The van der Waals surface area contributed by atoms with E-state index in [0.29, 0.717) is 37.3 Å². The molecule has 1 amide bonds. The second kappa shape index (κ2) is 16.2. The lowest BCUT2D eigenvalue weighted by molar-refractivity contribution is -0.139. The first-order valence-corrected chi connectivity index (χ1v) is 18.7. The molecule has 4 aliphatic carbocycles. The molecule has 7 heteroatoms. The molecule has 0 aromatic heterocycles. The number of ether oxygens (including phenoxy) is 2. The summed E-state index contributed by atoms with van der Waals surface area (Å²) < 4.78 is 10.9. The van der Waals surface area contributed by atoms with Crippen LogP contribution >= 0.6 is 0 Å². The molecule has 0 heterocycles. The average Bonchev–Trinajstić information content (AvgIpc) is 3.35. The van der Waals surface area contributed by atoms with Crippen LogP contribution in [0, 0.1) is 11.3 Å². The maximum atomic E-state index is 14.3. The third-order valence-corrected chi connectivity index (χ3v) is 12.0. The summed E-state index contributed by atoms with van der Waals surface area (Å²) in [5.41, 5.74) is 3.18. The molecule has 2 aromatic rings. The maximum absolute atomic E-state index is 14.3. The molecule has 0 spiro atoms. The fraction of sp³-hybridized carbons (Fsp3) is 0.619. The lowest BCUT2D eigenvalue weighted by Gasteiger charge is -2.46. The van der Waals surface area contributed by atoms with Gasteiger partial charge in [0.15, 0.2) is 17.3 Å². The van der Waals surface area contributed by atoms with Crippen molar-refractivity contribution in [3.05, 3.63) is 70.3 Å². The molecule has 0 radical (unpaired) electrons. The minimum atomic E-state index is -1.14. The number of hydrogen-bond acceptors (Lipinski definition) is 6. The van der Waals surface area contributed by atoms with Gasteiger partial charge in [0.25, 0.3) is 0 Å². The highest BCUT2D eigenvalue weighted by atomic mass is 16.5. The van der Waals surface area contributed by atoms with Crippen molar-refractivity contribution in [1.29, 1.82) is 0 Å². The zero-order chi connectivity index (χ0) is 35.2. The van der Waals surface area contributed by atoms with Crippen LogP contribution in [0.1, 0.15) is 131 Å². The van der Waals surface area contributed by atoms with Gasteiger partial charge in [0.2, 0.25) is 5.91 Å². The number of carbonyl (C=O) groups excluding carboxylic acids is 2. The normalized spacial score (nSPS) is 26.4. The highest BCUT2D eigenvalue weighted by Gasteiger charge is 2.57. The molecule has 6 rings (SSSR count). The van der Waals surface area contributed by atoms with Gasteiger partial charge in [-0.2, -0.15) is 0 Å². The molecule has 2 bridgehead atoms. The van der Waals surface area contributed by atoms with Gasteiger partial charge in [-0.15, -0.1) is 0 Å². The van der Waals surface area contributed by atoms with Gasteiger partial charge in [-0.25, -0.2) is 0 Å². The van der Waals surface area contributed by atoms with Crippen molar-refractivity contribution in [1.82, 2.24) is 4.90 Å². The quantitative estimate of drug-likeness (QED) is 0.196. The Bertz CT molecular complexity index is 1490. The Labute approximate surface area is 294 Å². The van der Waals surface area contributed by atoms with E-state index in [1.807, 2.05) is 23.1 Å². The van der Waals surface area contributed by atoms with Gasteiger partial charge in [0.05, 0.1) is 32.3 Å². The fourth-order valence-electron chi connectivity index (χ4n) is 8.95. The predicted molar refractivity (Wildman–Crippen MR) is 194 cm³/mol. The van der Waals surface area contributed by atoms with Crippen LogP contribution in [-0.4, -0.2) is 65.8 Å². The number of fused-ring (bicyclic) bond motifs is 8. The number of ketones is 1. The van der Waals surface area contributed by atoms with E-state index in [1.165, 1.54) is 12.0 Å². The van der Waals surface area contributed by atoms with Gasteiger partial charge in [-0.1, -0.05) is 63.0 Å². The standard InChI is InChI=1S/C42H59NO6/c1-6-23-43(39(45)27-31-16-19-37(48-4)38(26-31)49-5)28-42(47)22-20-36-34-18-15-30(25-35(34)40(46)32-12-8-7-9-13-32)24-33(44)17-14-29(2)11-10-21-41(36,42)3/h11,15-16,18-19,25-26,32-33,36,44,47H,6-10,12-14,17,20-24,27-28H2,1-5H3/t33-,36-,41-,42+/m0/s1. The number of Topliss-reactive ketones (excluding diaryl/α,β-unsaturated/α-hetero) is 1. The Morgan fingerprint density at radius 2 is 1.71 bits per heavy atom. The summed E-state index contributed by atoms with van der Waals surface area (Å²) in [5, 5.41) is 23.8. The third kappa shape index (κ3) is 8.26. The predicted octanol–water partition coefficient (Wildman–Crippen LogP) is 7.99. The van der Waals surface area contributed by atoms with Gasteiger partial charge >= 0.3 is 0 Å². The van der Waals surface area contributed by atoms with E-state index in [4.69, 9.17) is 9.47 Å². The topological polar surface area (TPSA) is 96.3 Å². The van der Waals surface area contributed by atoms with Crippen LogP contribution in [0.3, 0.4) is 0 Å². The van der Waals surface area contributed by atoms with E-state index >= 15 is 0 Å². The highest BCUT2D eigenvalue weighted by Crippen LogP contribution is 2.59. The van der Waals surface area contributed by atoms with E-state index in [9.17, 15) is 19.8 Å². The van der Waals surface area contributed by atoms with Crippen molar-refractivity contribution in [2.45, 2.75) is 128 Å². The lowest BCUT2D eigenvalue weighted by atomic mass is 9.64. The van der Waals surface area contributed by atoms with Gasteiger partial charge in [0.1, 0.15) is 0 Å². The highest BCUT2D eigenvalue weighted by molar-refractivity contribution is 5.99. The Morgan fingerprint density at radius 3 is 2.43 bits per heavy atom. The molecule has 2 fully saturated rings. The molecular formula is C42H59NO6. The van der Waals surface area contributed by atoms with E-state index < -0.39 is 17.1 Å². The molecule has 2 saturated carbocycles. The van der Waals surface area contributed by atoms with Crippen molar-refractivity contribution in [2.24, 2.45) is 11.3 Å². The summed E-state index contributed by atoms with van der Waals surface area (Å²) in [6, 6.07) is 11.9. The molecule has 0 unspecified atom stereocenters. The number of aliphatic hydroxyl groups excluding tert-OH is 1. The Morgan fingerprint density at radius 1 is 0.959 bits per heavy atom. The van der Waals surface area contributed by atoms with E-state index in [2.05, 4.69) is 45.0 Å². The van der Waals surface area contributed by atoms with E-state index in [1.54, 1.807) is 14.2 Å². The van der Waals surface area contributed by atoms with Crippen LogP contribution in [0.15, 0.2) is 48.0 Å². The minimum absolute atomic E-state index is 0.0257. The van der Waals surface area contributed by atoms with E-state index in [0.717, 1.165) is 80.0 Å². The van der Waals surface area contributed by atoms with Crippen molar-refractivity contribution in [3.8, 4) is 11.5 Å². The number of carbonyl (C=O) groups is 2. The van der Waals surface area contributed by atoms with Crippen LogP contribution < -0.4 is 9.47 Å². The first-order valence-electron chi connectivity index (χ1n) is 18.7. The summed E-state index contributed by atoms with van der Waals surface area (Å²) in [6.07, 6.45) is 12.8. The second-order valence-corrected chi connectivity index (χ2v) is 15.3. The van der Waals surface area contributed by atoms with Gasteiger partial charge in [-0.3, -0.25) is 9.59 Å². The number of methoxy groups -OCH3 is 2. The molecule has 0 aliphatic heterocycles. The van der Waals surface area contributed by atoms with Gasteiger partial charge < -0.3 is 24.6 Å². The largest absolute Gasteiger partial charge is 0.493 e. The zero-order valence-electron chi connectivity index (χ0n) is 30.6. The molecular weight excluding hydrogens is 614 g/mol. The van der Waals surface area contributed by atoms with E-state index in [-0.39, 0.29) is 36.5 Å². The van der Waals surface area contributed by atoms with Gasteiger partial charge in [-0.05, 0) is 112 Å². The summed E-state index contributed by atoms with van der Waals surface area (Å²) in [7, 11) is 3.19. The Hall–Kier alpha value is -3.16. The molecule has 4 atom stereocenters. The number of amides is 1. The number of benzene rings is 2. The Kier molecular flexibility index (Phi) is 12.3. The molecule has 2 N–H and O–H groups in total. The number of rotatable bonds is 10. The molecule has 2 aromatic carbocycles. The summed E-state index contributed by atoms with van der Waals surface area (Å²) in [4.78, 5) is 30.2. The van der Waals surface area contributed by atoms with Crippen molar-refractivity contribution < 1.29 is 29.3 Å². The third-order valence-electron chi connectivity index (χ3n) is 12.0. The van der Waals surface area contributed by atoms with Crippen molar-refractivity contribution >= 4 is 11.7 Å². The minimum Gasteiger partial charge on any atom is -0.493 e. The van der Waals surface area contributed by atoms with Gasteiger partial charge in [0, 0.05) is 30.0 Å². The summed E-state index contributed by atoms with van der Waals surface area (Å²) in [5.74, 6) is 1.39. The molecule has 49 heavy (non-hydrogen) atoms. The van der Waals surface area contributed by atoms with Crippen LogP contribution in [-0.2, 0) is 17.6 Å². The van der Waals surface area contributed by atoms with Crippen LogP contribution in [0.2, 0.25) is 0 Å². The molecule has 0 saturated heterocycles. The number of hydrogen-bond donors (Lipinski definition) is 2. The fourth-order valence-corrected chi connectivity index (χ4v) is 8.95. The van der Waals surface area contributed by atoms with Crippen molar-refractivity contribution in [3.63, 3.8) is 0 Å². The monoisotopic (exact) mass is 673 g/mol. The lowest BCUT2D eigenvalue weighted by Crippen LogP contribution is -2.54. The first-order chi connectivity index (χ1) is 23.5. The number of nitrogens with zero attached hydrogens (tertiary/aromatic N) is 1. The first kappa shape index (κ1) is 37.1. The summed E-state index contributed by atoms with van der Waals surface area (Å²) in [6.45, 7) is 7.20.